The third-order valence-corrected chi connectivity index (χ3v) is 4.84. The number of pyridine rings is 1. The second-order valence-electron chi connectivity index (χ2n) is 5.73. The number of nitrogens with zero attached hydrogens (tertiary/aromatic N) is 4. The number of methoxy groups -OCH3 is 1. The van der Waals surface area contributed by atoms with Crippen LogP contribution in [0.2, 0.25) is 10.0 Å². The number of fused-ring (bicyclic) bond motifs is 1. The summed E-state index contributed by atoms with van der Waals surface area (Å²) in [7, 11) is 1.64. The van der Waals surface area contributed by atoms with E-state index in [9.17, 15) is 0 Å². The summed E-state index contributed by atoms with van der Waals surface area (Å²) >= 11 is 12.5. The Morgan fingerprint density at radius 3 is 2.42 bits per heavy atom. The standard InChI is InChI=1S/C19H14Cl2N4O/c1-26-12-4-5-13-14(8-12)19(25-6-2-3-7-25)24-23-18(13)9-15-16(20)10-22-11-17(15)21/h2-8,10-11H,9H2,1H3. The minimum atomic E-state index is 0.460. The Kier molecular flexibility index (Phi) is 4.49. The van der Waals surface area contributed by atoms with Crippen LogP contribution in [0.5, 0.6) is 5.75 Å². The molecule has 0 radical (unpaired) electrons. The lowest BCUT2D eigenvalue weighted by Gasteiger charge is -2.12. The normalized spacial score (nSPS) is 11.0. The molecule has 0 amide bonds. The minimum absolute atomic E-state index is 0.460. The Balaban J connectivity index is 1.90. The molecule has 0 bridgehead atoms. The third-order valence-electron chi connectivity index (χ3n) is 4.19. The fourth-order valence-corrected chi connectivity index (χ4v) is 3.37. The summed E-state index contributed by atoms with van der Waals surface area (Å²) in [6, 6.07) is 9.73. The van der Waals surface area contributed by atoms with Crippen LogP contribution in [0.4, 0.5) is 0 Å². The highest BCUT2D eigenvalue weighted by molar-refractivity contribution is 6.35. The molecular weight excluding hydrogens is 371 g/mol. The minimum Gasteiger partial charge on any atom is -0.497 e. The van der Waals surface area contributed by atoms with Crippen molar-refractivity contribution in [3.8, 4) is 11.6 Å². The molecule has 7 heteroatoms. The first-order valence-corrected chi connectivity index (χ1v) is 8.67. The summed E-state index contributed by atoms with van der Waals surface area (Å²) in [5.74, 6) is 1.49. The average molecular weight is 385 g/mol. The van der Waals surface area contributed by atoms with E-state index < -0.39 is 0 Å². The molecule has 0 spiro atoms. The van der Waals surface area contributed by atoms with Gasteiger partial charge in [-0.2, -0.15) is 5.10 Å². The van der Waals surface area contributed by atoms with E-state index in [0.717, 1.165) is 33.6 Å². The SMILES string of the molecule is COc1ccc2c(Cc3c(Cl)cncc3Cl)nnc(-n3cccc3)c2c1. The fraction of sp³-hybridized carbons (Fsp3) is 0.105. The molecule has 0 saturated heterocycles. The van der Waals surface area contributed by atoms with Gasteiger partial charge in [0.2, 0.25) is 0 Å². The van der Waals surface area contributed by atoms with Crippen molar-refractivity contribution in [3.05, 3.63) is 76.4 Å². The third kappa shape index (κ3) is 3.00. The number of hydrogen-bond donors (Lipinski definition) is 0. The van der Waals surface area contributed by atoms with Crippen LogP contribution in [0.15, 0.2) is 55.1 Å². The van der Waals surface area contributed by atoms with Gasteiger partial charge in [-0.3, -0.25) is 4.98 Å². The second-order valence-corrected chi connectivity index (χ2v) is 6.55. The Labute approximate surface area is 160 Å². The summed E-state index contributed by atoms with van der Waals surface area (Å²) in [6.45, 7) is 0. The van der Waals surface area contributed by atoms with Crippen molar-refractivity contribution < 1.29 is 4.74 Å². The Bertz CT molecular complexity index is 1060. The molecule has 3 heterocycles. The average Bonchev–Trinajstić information content (AvgIpc) is 3.18. The number of ether oxygens (including phenoxy) is 1. The smallest absolute Gasteiger partial charge is 0.167 e. The van der Waals surface area contributed by atoms with E-state index in [2.05, 4.69) is 15.2 Å². The van der Waals surface area contributed by atoms with Crippen LogP contribution in [0, 0.1) is 0 Å². The van der Waals surface area contributed by atoms with E-state index in [-0.39, 0.29) is 0 Å². The fourth-order valence-electron chi connectivity index (χ4n) is 2.87. The molecule has 0 saturated carbocycles. The molecule has 0 atom stereocenters. The van der Waals surface area contributed by atoms with Crippen LogP contribution < -0.4 is 4.74 Å². The first-order chi connectivity index (χ1) is 12.7. The summed E-state index contributed by atoms with van der Waals surface area (Å²) in [6.07, 6.45) is 7.48. The van der Waals surface area contributed by atoms with E-state index in [1.807, 2.05) is 47.3 Å². The van der Waals surface area contributed by atoms with Gasteiger partial charge in [-0.15, -0.1) is 5.10 Å². The molecule has 1 aromatic carbocycles. The van der Waals surface area contributed by atoms with E-state index in [1.165, 1.54) is 0 Å². The quantitative estimate of drug-likeness (QED) is 0.510. The van der Waals surface area contributed by atoms with Gasteiger partial charge in [-0.1, -0.05) is 23.2 Å². The maximum Gasteiger partial charge on any atom is 0.167 e. The highest BCUT2D eigenvalue weighted by Crippen LogP contribution is 2.31. The van der Waals surface area contributed by atoms with Crippen molar-refractivity contribution in [2.45, 2.75) is 6.42 Å². The molecule has 4 aromatic rings. The van der Waals surface area contributed by atoms with Crippen LogP contribution in [0.25, 0.3) is 16.6 Å². The van der Waals surface area contributed by atoms with Crippen molar-refractivity contribution in [2.24, 2.45) is 0 Å². The van der Waals surface area contributed by atoms with Gasteiger partial charge >= 0.3 is 0 Å². The number of benzene rings is 1. The Morgan fingerprint density at radius 1 is 1.00 bits per heavy atom. The molecule has 130 valence electrons. The van der Waals surface area contributed by atoms with Crippen LogP contribution in [-0.4, -0.2) is 26.9 Å². The zero-order valence-electron chi connectivity index (χ0n) is 13.9. The highest BCUT2D eigenvalue weighted by Gasteiger charge is 2.15. The summed E-state index contributed by atoms with van der Waals surface area (Å²) in [5, 5.41) is 11.8. The van der Waals surface area contributed by atoms with Crippen molar-refractivity contribution in [2.75, 3.05) is 7.11 Å². The van der Waals surface area contributed by atoms with E-state index in [1.54, 1.807) is 19.5 Å². The maximum absolute atomic E-state index is 6.27. The number of hydrogen-bond acceptors (Lipinski definition) is 4. The van der Waals surface area contributed by atoms with Crippen LogP contribution in [0.1, 0.15) is 11.3 Å². The van der Waals surface area contributed by atoms with Gasteiger partial charge in [0, 0.05) is 42.0 Å². The van der Waals surface area contributed by atoms with Crippen LogP contribution in [0.3, 0.4) is 0 Å². The molecular formula is C19H14Cl2N4O. The van der Waals surface area contributed by atoms with Gasteiger partial charge in [-0.05, 0) is 35.9 Å². The number of halogens is 2. The van der Waals surface area contributed by atoms with Crippen LogP contribution >= 0.6 is 23.2 Å². The zero-order valence-corrected chi connectivity index (χ0v) is 15.4. The molecule has 0 N–H and O–H groups in total. The second kappa shape index (κ2) is 6.94. The van der Waals surface area contributed by atoms with E-state index >= 15 is 0 Å². The first-order valence-electron chi connectivity index (χ1n) is 7.92. The summed E-state index contributed by atoms with van der Waals surface area (Å²) in [4.78, 5) is 4.00. The number of rotatable bonds is 4. The van der Waals surface area contributed by atoms with Gasteiger partial charge in [0.05, 0.1) is 22.8 Å². The van der Waals surface area contributed by atoms with Crippen molar-refractivity contribution >= 4 is 34.0 Å². The van der Waals surface area contributed by atoms with E-state index in [4.69, 9.17) is 27.9 Å². The largest absolute Gasteiger partial charge is 0.497 e. The van der Waals surface area contributed by atoms with Gasteiger partial charge in [0.15, 0.2) is 5.82 Å². The van der Waals surface area contributed by atoms with Gasteiger partial charge in [0.25, 0.3) is 0 Å². The molecule has 0 fully saturated rings. The predicted octanol–water partition coefficient (Wildman–Crippen LogP) is 4.72. The molecule has 4 rings (SSSR count). The predicted molar refractivity (Wildman–Crippen MR) is 102 cm³/mol. The Hall–Kier alpha value is -2.63. The summed E-state index contributed by atoms with van der Waals surface area (Å²) < 4.78 is 7.30. The van der Waals surface area contributed by atoms with Gasteiger partial charge in [-0.25, -0.2) is 0 Å². The maximum atomic E-state index is 6.27. The lowest BCUT2D eigenvalue weighted by molar-refractivity contribution is 0.415. The lowest BCUT2D eigenvalue weighted by Crippen LogP contribution is -2.04. The molecule has 3 aromatic heterocycles. The van der Waals surface area contributed by atoms with Gasteiger partial charge < -0.3 is 9.30 Å². The first kappa shape index (κ1) is 16.8. The molecule has 5 nitrogen and oxygen atoms in total. The Morgan fingerprint density at radius 2 is 1.73 bits per heavy atom. The molecule has 0 aliphatic carbocycles. The van der Waals surface area contributed by atoms with Gasteiger partial charge in [0.1, 0.15) is 5.75 Å². The summed E-state index contributed by atoms with van der Waals surface area (Å²) in [5.41, 5.74) is 1.57. The van der Waals surface area contributed by atoms with E-state index in [0.29, 0.717) is 16.5 Å². The molecule has 0 aliphatic rings. The zero-order chi connectivity index (χ0) is 18.1. The highest BCUT2D eigenvalue weighted by atomic mass is 35.5. The topological polar surface area (TPSA) is 52.8 Å². The molecule has 26 heavy (non-hydrogen) atoms. The molecule has 0 unspecified atom stereocenters. The van der Waals surface area contributed by atoms with Crippen LogP contribution in [-0.2, 0) is 6.42 Å². The lowest BCUT2D eigenvalue weighted by atomic mass is 10.0. The molecule has 0 aliphatic heterocycles. The number of aromatic nitrogens is 4. The van der Waals surface area contributed by atoms with Crippen molar-refractivity contribution in [3.63, 3.8) is 0 Å². The van der Waals surface area contributed by atoms with Crippen molar-refractivity contribution in [1.29, 1.82) is 0 Å². The monoisotopic (exact) mass is 384 g/mol. The van der Waals surface area contributed by atoms with Crippen molar-refractivity contribution in [1.82, 2.24) is 19.7 Å².